The first-order chi connectivity index (χ1) is 10.1. The van der Waals surface area contributed by atoms with Gasteiger partial charge in [-0.25, -0.2) is 0 Å². The Morgan fingerprint density at radius 2 is 1.62 bits per heavy atom. The van der Waals surface area contributed by atoms with E-state index in [2.05, 4.69) is 5.32 Å². The molecule has 2 aromatic carbocycles. The van der Waals surface area contributed by atoms with Crippen molar-refractivity contribution < 1.29 is 9.53 Å². The zero-order chi connectivity index (χ0) is 15.2. The van der Waals surface area contributed by atoms with Crippen molar-refractivity contribution >= 4 is 5.91 Å². The highest BCUT2D eigenvalue weighted by atomic mass is 16.5. The van der Waals surface area contributed by atoms with Gasteiger partial charge in [-0.05, 0) is 38.5 Å². The summed E-state index contributed by atoms with van der Waals surface area (Å²) in [6.45, 7) is 5.77. The molecule has 0 saturated carbocycles. The number of benzene rings is 2. The molecule has 1 N–H and O–H groups in total. The van der Waals surface area contributed by atoms with E-state index in [0.29, 0.717) is 5.75 Å². The molecule has 3 nitrogen and oxygen atoms in total. The first kappa shape index (κ1) is 15.1. The average Bonchev–Trinajstić information content (AvgIpc) is 2.48. The Kier molecular flexibility index (Phi) is 4.99. The Morgan fingerprint density at radius 3 is 2.24 bits per heavy atom. The minimum Gasteiger partial charge on any atom is -0.481 e. The van der Waals surface area contributed by atoms with Crippen molar-refractivity contribution in [1.82, 2.24) is 5.32 Å². The molecule has 2 rings (SSSR count). The summed E-state index contributed by atoms with van der Waals surface area (Å²) in [6.07, 6.45) is -0.528. The topological polar surface area (TPSA) is 38.3 Å². The zero-order valence-corrected chi connectivity index (χ0v) is 12.7. The third kappa shape index (κ3) is 4.35. The third-order valence-corrected chi connectivity index (χ3v) is 3.36. The van der Waals surface area contributed by atoms with Crippen molar-refractivity contribution in [3.05, 3.63) is 65.7 Å². The smallest absolute Gasteiger partial charge is 0.261 e. The summed E-state index contributed by atoms with van der Waals surface area (Å²) in [5, 5.41) is 2.97. The van der Waals surface area contributed by atoms with E-state index in [4.69, 9.17) is 4.74 Å². The van der Waals surface area contributed by atoms with Crippen LogP contribution in [-0.4, -0.2) is 12.0 Å². The van der Waals surface area contributed by atoms with Gasteiger partial charge in [0, 0.05) is 0 Å². The highest BCUT2D eigenvalue weighted by molar-refractivity contribution is 5.81. The minimum absolute atomic E-state index is 0.0417. The first-order valence-corrected chi connectivity index (χ1v) is 7.15. The van der Waals surface area contributed by atoms with E-state index in [1.54, 1.807) is 6.92 Å². The van der Waals surface area contributed by atoms with Crippen LogP contribution in [-0.2, 0) is 4.79 Å². The fourth-order valence-electron chi connectivity index (χ4n) is 2.03. The van der Waals surface area contributed by atoms with Crippen molar-refractivity contribution in [2.24, 2.45) is 0 Å². The molecule has 0 aliphatic rings. The van der Waals surface area contributed by atoms with Gasteiger partial charge >= 0.3 is 0 Å². The van der Waals surface area contributed by atoms with E-state index < -0.39 is 6.10 Å². The van der Waals surface area contributed by atoms with Gasteiger partial charge in [-0.2, -0.15) is 0 Å². The van der Waals surface area contributed by atoms with Gasteiger partial charge in [-0.15, -0.1) is 0 Å². The molecule has 3 heteroatoms. The second-order valence-corrected chi connectivity index (χ2v) is 5.21. The molecule has 0 fully saturated rings. The third-order valence-electron chi connectivity index (χ3n) is 3.36. The normalized spacial score (nSPS) is 13.3. The van der Waals surface area contributed by atoms with Crippen molar-refractivity contribution in [2.45, 2.75) is 32.9 Å². The molecule has 1 amide bonds. The number of carbonyl (C=O) groups is 1. The van der Waals surface area contributed by atoms with Crippen molar-refractivity contribution in [2.75, 3.05) is 0 Å². The second kappa shape index (κ2) is 6.93. The lowest BCUT2D eigenvalue weighted by Crippen LogP contribution is -2.37. The Bertz CT molecular complexity index is 578. The van der Waals surface area contributed by atoms with Gasteiger partial charge < -0.3 is 10.1 Å². The molecule has 0 heterocycles. The average molecular weight is 283 g/mol. The number of para-hydroxylation sites is 1. The van der Waals surface area contributed by atoms with E-state index in [1.165, 1.54) is 5.56 Å². The molecule has 0 aromatic heterocycles. The summed E-state index contributed by atoms with van der Waals surface area (Å²) < 4.78 is 5.62. The monoisotopic (exact) mass is 283 g/mol. The largest absolute Gasteiger partial charge is 0.481 e. The zero-order valence-electron chi connectivity index (χ0n) is 12.7. The molecule has 0 aliphatic carbocycles. The van der Waals surface area contributed by atoms with Crippen LogP contribution in [0.2, 0.25) is 0 Å². The van der Waals surface area contributed by atoms with E-state index >= 15 is 0 Å². The van der Waals surface area contributed by atoms with Crippen LogP contribution in [0.25, 0.3) is 0 Å². The highest BCUT2D eigenvalue weighted by Gasteiger charge is 2.17. The van der Waals surface area contributed by atoms with E-state index in [1.807, 2.05) is 68.4 Å². The van der Waals surface area contributed by atoms with Gasteiger partial charge in [-0.3, -0.25) is 4.79 Å². The van der Waals surface area contributed by atoms with Crippen LogP contribution >= 0.6 is 0 Å². The second-order valence-electron chi connectivity index (χ2n) is 5.21. The summed E-state index contributed by atoms with van der Waals surface area (Å²) in [5.74, 6) is 0.579. The number of rotatable bonds is 5. The van der Waals surface area contributed by atoms with E-state index in [-0.39, 0.29) is 11.9 Å². The van der Waals surface area contributed by atoms with Gasteiger partial charge in [0.2, 0.25) is 0 Å². The minimum atomic E-state index is -0.528. The van der Waals surface area contributed by atoms with Crippen molar-refractivity contribution in [3.8, 4) is 5.75 Å². The lowest BCUT2D eigenvalue weighted by molar-refractivity contribution is -0.127. The SMILES string of the molecule is Cc1ccc(C(C)NC(=O)C(C)Oc2ccccc2)cc1. The van der Waals surface area contributed by atoms with Crippen LogP contribution in [0.5, 0.6) is 5.75 Å². The molecule has 110 valence electrons. The van der Waals surface area contributed by atoms with Gasteiger partial charge in [0.25, 0.3) is 5.91 Å². The lowest BCUT2D eigenvalue weighted by Gasteiger charge is -2.19. The fraction of sp³-hybridized carbons (Fsp3) is 0.278. The van der Waals surface area contributed by atoms with Crippen molar-refractivity contribution in [1.29, 1.82) is 0 Å². The molecule has 0 radical (unpaired) electrons. The number of carbonyl (C=O) groups excluding carboxylic acids is 1. The van der Waals surface area contributed by atoms with Gasteiger partial charge in [-0.1, -0.05) is 48.0 Å². The summed E-state index contributed by atoms with van der Waals surface area (Å²) in [4.78, 5) is 12.2. The summed E-state index contributed by atoms with van der Waals surface area (Å²) >= 11 is 0. The highest BCUT2D eigenvalue weighted by Crippen LogP contribution is 2.15. The van der Waals surface area contributed by atoms with Gasteiger partial charge in [0.15, 0.2) is 6.10 Å². The molecule has 2 unspecified atom stereocenters. The Labute approximate surface area is 126 Å². The predicted molar refractivity (Wildman–Crippen MR) is 84.3 cm³/mol. The molecule has 0 aliphatic heterocycles. The summed E-state index contributed by atoms with van der Waals surface area (Å²) in [6, 6.07) is 17.5. The molecule has 2 aromatic rings. The van der Waals surface area contributed by atoms with Crippen LogP contribution in [0.15, 0.2) is 54.6 Å². The quantitative estimate of drug-likeness (QED) is 0.909. The van der Waals surface area contributed by atoms with Crippen LogP contribution in [0.1, 0.15) is 31.0 Å². The molecule has 0 saturated heterocycles. The number of hydrogen-bond acceptors (Lipinski definition) is 2. The summed E-state index contributed by atoms with van der Waals surface area (Å²) in [5.41, 5.74) is 2.29. The Morgan fingerprint density at radius 1 is 1.00 bits per heavy atom. The molecular weight excluding hydrogens is 262 g/mol. The van der Waals surface area contributed by atoms with Crippen LogP contribution < -0.4 is 10.1 Å². The lowest BCUT2D eigenvalue weighted by atomic mass is 10.1. The number of ether oxygens (including phenoxy) is 1. The molecule has 0 spiro atoms. The van der Waals surface area contributed by atoms with Crippen molar-refractivity contribution in [3.63, 3.8) is 0 Å². The van der Waals surface area contributed by atoms with Gasteiger partial charge in [0.1, 0.15) is 5.75 Å². The maximum atomic E-state index is 12.2. The molecule has 2 atom stereocenters. The van der Waals surface area contributed by atoms with Gasteiger partial charge in [0.05, 0.1) is 6.04 Å². The number of hydrogen-bond donors (Lipinski definition) is 1. The van der Waals surface area contributed by atoms with E-state index in [0.717, 1.165) is 5.56 Å². The van der Waals surface area contributed by atoms with Crippen LogP contribution in [0.3, 0.4) is 0 Å². The number of amides is 1. The fourth-order valence-corrected chi connectivity index (χ4v) is 2.03. The van der Waals surface area contributed by atoms with E-state index in [9.17, 15) is 4.79 Å². The molecule has 0 bridgehead atoms. The first-order valence-electron chi connectivity index (χ1n) is 7.15. The Balaban J connectivity index is 1.92. The molecular formula is C18H21NO2. The number of aryl methyl sites for hydroxylation is 1. The van der Waals surface area contributed by atoms with Crippen LogP contribution in [0.4, 0.5) is 0 Å². The maximum Gasteiger partial charge on any atom is 0.261 e. The Hall–Kier alpha value is -2.29. The standard InChI is InChI=1S/C18H21NO2/c1-13-9-11-16(12-10-13)14(2)19-18(20)15(3)21-17-7-5-4-6-8-17/h4-12,14-15H,1-3H3,(H,19,20). The maximum absolute atomic E-state index is 12.2. The summed E-state index contributed by atoms with van der Waals surface area (Å²) in [7, 11) is 0. The van der Waals surface area contributed by atoms with Crippen LogP contribution in [0, 0.1) is 6.92 Å². The molecule has 21 heavy (non-hydrogen) atoms. The predicted octanol–water partition coefficient (Wildman–Crippen LogP) is 3.64. The number of nitrogens with one attached hydrogen (secondary N) is 1.